The molecule has 5 heteroatoms. The molecular formula is C43H54N2NiO2. The molecule has 0 N–H and O–H groups in total. The SMILES string of the molecule is CCCCCC#Cc1cccc(N=C(CC)C(CCCC)=Nc2cccc(C#CCCCCC)c2)c1.CCCc1ccc([O-])c([O-])c1.[Ni+2]. The van der Waals surface area contributed by atoms with E-state index in [1.807, 2.05) is 13.0 Å². The fourth-order valence-electron chi connectivity index (χ4n) is 4.83. The quantitative estimate of drug-likeness (QED) is 0.0690. The van der Waals surface area contributed by atoms with E-state index < -0.39 is 11.5 Å². The second-order valence-electron chi connectivity index (χ2n) is 11.7. The van der Waals surface area contributed by atoms with Gasteiger partial charge in [0.15, 0.2) is 0 Å². The number of unbranched alkanes of at least 4 members (excludes halogenated alkanes) is 7. The van der Waals surface area contributed by atoms with Crippen LogP contribution in [0.3, 0.4) is 0 Å². The molecule has 0 bridgehead atoms. The fraction of sp³-hybridized carbons (Fsp3) is 0.442. The summed E-state index contributed by atoms with van der Waals surface area (Å²) in [5.74, 6) is 12.4. The smallest absolute Gasteiger partial charge is 0.873 e. The van der Waals surface area contributed by atoms with Crippen LogP contribution in [-0.4, -0.2) is 11.4 Å². The van der Waals surface area contributed by atoms with Gasteiger partial charge < -0.3 is 10.2 Å². The zero-order valence-corrected chi connectivity index (χ0v) is 30.8. The van der Waals surface area contributed by atoms with Crippen LogP contribution < -0.4 is 10.2 Å². The number of aryl methyl sites for hydroxylation is 1. The van der Waals surface area contributed by atoms with Gasteiger partial charge in [0, 0.05) is 24.0 Å². The molecule has 0 heterocycles. The summed E-state index contributed by atoms with van der Waals surface area (Å²) in [6, 6.07) is 21.0. The van der Waals surface area contributed by atoms with Gasteiger partial charge >= 0.3 is 16.5 Å². The van der Waals surface area contributed by atoms with E-state index in [-0.39, 0.29) is 16.5 Å². The summed E-state index contributed by atoms with van der Waals surface area (Å²) in [5, 5.41) is 21.5. The van der Waals surface area contributed by atoms with E-state index in [0.29, 0.717) is 0 Å². The average Bonchev–Trinajstić information content (AvgIpc) is 3.08. The number of hydrogen-bond donors (Lipinski definition) is 0. The minimum Gasteiger partial charge on any atom is -0.873 e. The Hall–Kier alpha value is -3.79. The molecule has 3 rings (SSSR count). The summed E-state index contributed by atoms with van der Waals surface area (Å²) in [4.78, 5) is 10.1. The number of rotatable bonds is 15. The molecule has 0 atom stereocenters. The first-order chi connectivity index (χ1) is 22.9. The van der Waals surface area contributed by atoms with Gasteiger partial charge in [0.05, 0.1) is 22.8 Å². The van der Waals surface area contributed by atoms with Gasteiger partial charge in [-0.1, -0.05) is 127 Å². The van der Waals surface area contributed by atoms with Crippen molar-refractivity contribution in [2.45, 2.75) is 125 Å². The summed E-state index contributed by atoms with van der Waals surface area (Å²) in [5.41, 5.74) is 7.04. The van der Waals surface area contributed by atoms with Crippen molar-refractivity contribution in [2.75, 3.05) is 0 Å². The van der Waals surface area contributed by atoms with Crippen molar-refractivity contribution in [3.05, 3.63) is 83.4 Å². The maximum atomic E-state index is 10.8. The van der Waals surface area contributed by atoms with Gasteiger partial charge in [-0.2, -0.15) is 0 Å². The van der Waals surface area contributed by atoms with Crippen molar-refractivity contribution in [1.29, 1.82) is 0 Å². The summed E-state index contributed by atoms with van der Waals surface area (Å²) >= 11 is 0. The standard InChI is InChI=1S/C34H44N2.C9H12O2.Ni/c1-5-9-12-14-16-20-29-22-18-24-31(27-29)35-33(8-4)34(26-11-7-3)36-32-25-19-23-30(28-32)21-17-15-13-10-6-2;1-2-3-7-4-5-8(10)9(11)6-7;/h18-19,22-25,27-28H,5-15,26H2,1-4H3;4-6,10-11H,2-3H2,1H3;/q;;+2/p-2. The van der Waals surface area contributed by atoms with Gasteiger partial charge in [-0.3, -0.25) is 9.98 Å². The molecule has 0 saturated carbocycles. The Labute approximate surface area is 301 Å². The minimum atomic E-state index is -0.412. The van der Waals surface area contributed by atoms with Crippen LogP contribution in [0.25, 0.3) is 0 Å². The second kappa shape index (κ2) is 26.2. The van der Waals surface area contributed by atoms with E-state index in [9.17, 15) is 10.2 Å². The van der Waals surface area contributed by atoms with Gasteiger partial charge in [-0.25, -0.2) is 0 Å². The van der Waals surface area contributed by atoms with Gasteiger partial charge in [0.1, 0.15) is 0 Å². The Morgan fingerprint density at radius 3 is 1.60 bits per heavy atom. The molecule has 0 radical (unpaired) electrons. The van der Waals surface area contributed by atoms with Crippen LogP contribution in [0.2, 0.25) is 0 Å². The Bertz CT molecular complexity index is 1540. The molecule has 0 unspecified atom stereocenters. The van der Waals surface area contributed by atoms with Gasteiger partial charge in [0.25, 0.3) is 0 Å². The van der Waals surface area contributed by atoms with Crippen LogP contribution in [0.1, 0.15) is 135 Å². The molecule has 0 aromatic heterocycles. The summed E-state index contributed by atoms with van der Waals surface area (Å²) in [7, 11) is 0. The van der Waals surface area contributed by atoms with Gasteiger partial charge in [-0.05, 0) is 80.5 Å². The Morgan fingerprint density at radius 1 is 0.583 bits per heavy atom. The Kier molecular flexibility index (Phi) is 23.1. The summed E-state index contributed by atoms with van der Waals surface area (Å²) < 4.78 is 0. The fourth-order valence-corrected chi connectivity index (χ4v) is 4.83. The zero-order chi connectivity index (χ0) is 34.1. The largest absolute Gasteiger partial charge is 2.00 e. The molecule has 0 saturated heterocycles. The number of hydrogen-bond acceptors (Lipinski definition) is 4. The molecule has 0 aliphatic heterocycles. The van der Waals surface area contributed by atoms with E-state index in [4.69, 9.17) is 9.98 Å². The van der Waals surface area contributed by atoms with Crippen molar-refractivity contribution < 1.29 is 26.7 Å². The number of aliphatic imine (C=N–C) groups is 2. The molecule has 0 aliphatic rings. The minimum absolute atomic E-state index is 0. The van der Waals surface area contributed by atoms with E-state index in [1.54, 1.807) is 6.07 Å². The van der Waals surface area contributed by atoms with E-state index in [1.165, 1.54) is 50.7 Å². The Morgan fingerprint density at radius 2 is 1.12 bits per heavy atom. The topological polar surface area (TPSA) is 70.8 Å². The molecule has 48 heavy (non-hydrogen) atoms. The third kappa shape index (κ3) is 17.4. The maximum Gasteiger partial charge on any atom is 2.00 e. The van der Waals surface area contributed by atoms with Crippen LogP contribution in [0.15, 0.2) is 76.7 Å². The molecule has 4 nitrogen and oxygen atoms in total. The number of benzene rings is 3. The predicted molar refractivity (Wildman–Crippen MR) is 198 cm³/mol. The van der Waals surface area contributed by atoms with Crippen molar-refractivity contribution in [2.24, 2.45) is 9.98 Å². The molecule has 0 amide bonds. The van der Waals surface area contributed by atoms with Crippen molar-refractivity contribution in [3.8, 4) is 35.2 Å². The summed E-state index contributed by atoms with van der Waals surface area (Å²) in [6.45, 7) is 10.9. The van der Waals surface area contributed by atoms with Crippen LogP contribution >= 0.6 is 0 Å². The third-order valence-corrected chi connectivity index (χ3v) is 7.48. The first-order valence-corrected chi connectivity index (χ1v) is 17.7. The van der Waals surface area contributed by atoms with Crippen LogP contribution in [0, 0.1) is 23.7 Å². The normalized spacial score (nSPS) is 10.9. The van der Waals surface area contributed by atoms with Crippen LogP contribution in [0.5, 0.6) is 11.5 Å². The molecule has 3 aromatic carbocycles. The van der Waals surface area contributed by atoms with Gasteiger partial charge in [-0.15, -0.1) is 11.5 Å². The van der Waals surface area contributed by atoms with E-state index in [0.717, 1.165) is 90.9 Å². The molecule has 0 aliphatic carbocycles. The first kappa shape index (κ1) is 42.2. The van der Waals surface area contributed by atoms with Crippen LogP contribution in [-0.2, 0) is 22.9 Å². The Balaban J connectivity index is 0.000000811. The maximum absolute atomic E-state index is 10.8. The van der Waals surface area contributed by atoms with E-state index >= 15 is 0 Å². The van der Waals surface area contributed by atoms with Gasteiger partial charge in [0.2, 0.25) is 0 Å². The second-order valence-corrected chi connectivity index (χ2v) is 11.7. The predicted octanol–water partition coefficient (Wildman–Crippen LogP) is 10.8. The molecule has 0 spiro atoms. The molecule has 258 valence electrons. The van der Waals surface area contributed by atoms with Crippen molar-refractivity contribution in [1.82, 2.24) is 0 Å². The van der Waals surface area contributed by atoms with Crippen molar-refractivity contribution >= 4 is 22.8 Å². The first-order valence-electron chi connectivity index (χ1n) is 17.7. The average molecular weight is 690 g/mol. The molecule has 3 aromatic rings. The molecule has 0 fully saturated rings. The monoisotopic (exact) mass is 688 g/mol. The zero-order valence-electron chi connectivity index (χ0n) is 29.8. The number of nitrogens with zero attached hydrogens (tertiary/aromatic N) is 2. The summed E-state index contributed by atoms with van der Waals surface area (Å²) in [6.07, 6.45) is 15.0. The third-order valence-electron chi connectivity index (χ3n) is 7.48. The van der Waals surface area contributed by atoms with Crippen LogP contribution in [0.4, 0.5) is 11.4 Å². The van der Waals surface area contributed by atoms with E-state index in [2.05, 4.69) is 93.8 Å². The van der Waals surface area contributed by atoms with Crippen molar-refractivity contribution in [3.63, 3.8) is 0 Å². The molecular weight excluding hydrogens is 635 g/mol.